The Hall–Kier alpha value is -1.92. The summed E-state index contributed by atoms with van der Waals surface area (Å²) in [7, 11) is 0. The van der Waals surface area contributed by atoms with E-state index in [4.69, 9.17) is 4.74 Å². The van der Waals surface area contributed by atoms with Crippen LogP contribution in [0.2, 0.25) is 0 Å². The number of nitrogens with zero attached hydrogens (tertiary/aromatic N) is 3. The van der Waals surface area contributed by atoms with Crippen molar-refractivity contribution in [1.29, 1.82) is 0 Å². The minimum Gasteiger partial charge on any atom is -0.469 e. The molecule has 1 heterocycles. The van der Waals surface area contributed by atoms with Crippen molar-refractivity contribution in [3.8, 4) is 5.88 Å². The zero-order valence-electron chi connectivity index (χ0n) is 11.8. The number of rotatable bonds is 5. The van der Waals surface area contributed by atoms with Crippen LogP contribution in [0.25, 0.3) is 0 Å². The van der Waals surface area contributed by atoms with Gasteiger partial charge in [-0.3, -0.25) is 10.1 Å². The van der Waals surface area contributed by atoms with E-state index in [0.29, 0.717) is 18.4 Å². The topological polar surface area (TPSA) is 90.2 Å². The third-order valence-corrected chi connectivity index (χ3v) is 3.43. The Morgan fingerprint density at radius 3 is 3.00 bits per heavy atom. The molecule has 0 amide bonds. The summed E-state index contributed by atoms with van der Waals surface area (Å²) in [6, 6.07) is 0. The Morgan fingerprint density at radius 1 is 1.55 bits per heavy atom. The Kier molecular flexibility index (Phi) is 4.70. The largest absolute Gasteiger partial charge is 0.469 e. The summed E-state index contributed by atoms with van der Waals surface area (Å²) in [5.41, 5.74) is -0.176. The van der Waals surface area contributed by atoms with Gasteiger partial charge < -0.3 is 10.1 Å². The Bertz CT molecular complexity index is 481. The smallest absolute Gasteiger partial charge is 0.349 e. The van der Waals surface area contributed by atoms with Crippen LogP contribution in [0.1, 0.15) is 39.5 Å². The van der Waals surface area contributed by atoms with Gasteiger partial charge in [-0.05, 0) is 32.1 Å². The van der Waals surface area contributed by atoms with Gasteiger partial charge in [0.05, 0.1) is 4.92 Å². The van der Waals surface area contributed by atoms with Crippen LogP contribution in [0, 0.1) is 16.0 Å². The third-order valence-electron chi connectivity index (χ3n) is 3.43. The second-order valence-electron chi connectivity index (χ2n) is 5.18. The average Bonchev–Trinajstić information content (AvgIpc) is 2.39. The third kappa shape index (κ3) is 3.55. The van der Waals surface area contributed by atoms with Gasteiger partial charge >= 0.3 is 5.69 Å². The molecule has 0 saturated heterocycles. The Balaban J connectivity index is 2.18. The summed E-state index contributed by atoms with van der Waals surface area (Å²) < 4.78 is 5.77. The molecule has 0 bridgehead atoms. The van der Waals surface area contributed by atoms with E-state index in [1.807, 2.05) is 6.92 Å². The first-order chi connectivity index (χ1) is 9.60. The average molecular weight is 280 g/mol. The number of ether oxygens (including phenoxy) is 1. The maximum atomic E-state index is 11.0. The van der Waals surface area contributed by atoms with E-state index in [2.05, 4.69) is 22.2 Å². The second-order valence-corrected chi connectivity index (χ2v) is 5.18. The van der Waals surface area contributed by atoms with E-state index in [9.17, 15) is 10.1 Å². The van der Waals surface area contributed by atoms with Gasteiger partial charge in [-0.2, -0.15) is 4.98 Å². The molecule has 1 N–H and O–H groups in total. The lowest BCUT2D eigenvalue weighted by molar-refractivity contribution is -0.386. The molecule has 7 heteroatoms. The fraction of sp³-hybridized carbons (Fsp3) is 0.692. The number of hydrogen-bond donors (Lipinski definition) is 1. The zero-order valence-corrected chi connectivity index (χ0v) is 11.8. The molecule has 1 aromatic heterocycles. The minimum absolute atomic E-state index is 0.00169. The lowest BCUT2D eigenvalue weighted by Gasteiger charge is -2.26. The quantitative estimate of drug-likeness (QED) is 0.658. The lowest BCUT2D eigenvalue weighted by atomic mass is 9.89. The molecule has 2 rings (SSSR count). The number of aromatic nitrogens is 2. The highest BCUT2D eigenvalue weighted by Gasteiger charge is 2.25. The van der Waals surface area contributed by atoms with Crippen molar-refractivity contribution in [1.82, 2.24) is 9.97 Å². The van der Waals surface area contributed by atoms with Gasteiger partial charge in [0.25, 0.3) is 5.88 Å². The van der Waals surface area contributed by atoms with Gasteiger partial charge in [-0.25, -0.2) is 4.98 Å². The van der Waals surface area contributed by atoms with Crippen LogP contribution >= 0.6 is 0 Å². The number of nitrogens with one attached hydrogen (secondary N) is 1. The second kappa shape index (κ2) is 6.49. The molecular weight excluding hydrogens is 260 g/mol. The molecule has 7 nitrogen and oxygen atoms in total. The number of nitro groups is 1. The van der Waals surface area contributed by atoms with Gasteiger partial charge in [0, 0.05) is 6.54 Å². The van der Waals surface area contributed by atoms with Crippen molar-refractivity contribution in [2.45, 2.75) is 45.6 Å². The molecule has 0 aromatic carbocycles. The number of anilines is 1. The predicted molar refractivity (Wildman–Crippen MR) is 74.9 cm³/mol. The first-order valence-electron chi connectivity index (χ1n) is 7.02. The Labute approximate surface area is 117 Å². The molecule has 20 heavy (non-hydrogen) atoms. The van der Waals surface area contributed by atoms with Crippen molar-refractivity contribution in [2.75, 3.05) is 11.9 Å². The van der Waals surface area contributed by atoms with Crippen molar-refractivity contribution < 1.29 is 9.66 Å². The molecule has 0 radical (unpaired) electrons. The maximum Gasteiger partial charge on any atom is 0.349 e. The van der Waals surface area contributed by atoms with Crippen LogP contribution in [0.3, 0.4) is 0 Å². The standard InChI is InChI=1S/C13H20N4O3/c1-3-14-13-15-8-11(17(18)19)12(16-13)20-10-6-4-5-9(2)7-10/h8-10H,3-7H2,1-2H3,(H,14,15,16). The molecular formula is C13H20N4O3. The summed E-state index contributed by atoms with van der Waals surface area (Å²) in [6.45, 7) is 4.74. The molecule has 1 aromatic rings. The van der Waals surface area contributed by atoms with E-state index < -0.39 is 4.92 Å². The molecule has 1 aliphatic rings. The van der Waals surface area contributed by atoms with Gasteiger partial charge in [0.2, 0.25) is 5.95 Å². The Morgan fingerprint density at radius 2 is 2.35 bits per heavy atom. The summed E-state index contributed by atoms with van der Waals surface area (Å²) in [5, 5.41) is 14.0. The van der Waals surface area contributed by atoms with Gasteiger partial charge in [-0.15, -0.1) is 0 Å². The highest BCUT2D eigenvalue weighted by atomic mass is 16.6. The van der Waals surface area contributed by atoms with E-state index in [1.54, 1.807) is 0 Å². The van der Waals surface area contributed by atoms with Crippen LogP contribution in [0.15, 0.2) is 6.20 Å². The zero-order chi connectivity index (χ0) is 14.5. The first-order valence-corrected chi connectivity index (χ1v) is 7.02. The van der Waals surface area contributed by atoms with Crippen LogP contribution < -0.4 is 10.1 Å². The molecule has 2 unspecified atom stereocenters. The maximum absolute atomic E-state index is 11.0. The minimum atomic E-state index is -0.503. The van der Waals surface area contributed by atoms with E-state index in [1.165, 1.54) is 12.6 Å². The van der Waals surface area contributed by atoms with Gasteiger partial charge in [0.15, 0.2) is 0 Å². The van der Waals surface area contributed by atoms with Crippen molar-refractivity contribution in [2.24, 2.45) is 5.92 Å². The fourth-order valence-corrected chi connectivity index (χ4v) is 2.46. The van der Waals surface area contributed by atoms with Crippen LogP contribution in [-0.4, -0.2) is 27.5 Å². The molecule has 1 saturated carbocycles. The van der Waals surface area contributed by atoms with E-state index in [-0.39, 0.29) is 17.7 Å². The summed E-state index contributed by atoms with van der Waals surface area (Å²) in [4.78, 5) is 18.6. The van der Waals surface area contributed by atoms with Crippen LogP contribution in [-0.2, 0) is 0 Å². The predicted octanol–water partition coefficient (Wildman–Crippen LogP) is 2.77. The molecule has 110 valence electrons. The van der Waals surface area contributed by atoms with Crippen molar-refractivity contribution >= 4 is 11.6 Å². The molecule has 0 aliphatic heterocycles. The monoisotopic (exact) mass is 280 g/mol. The van der Waals surface area contributed by atoms with Crippen LogP contribution in [0.4, 0.5) is 11.6 Å². The summed E-state index contributed by atoms with van der Waals surface area (Å²) in [5.74, 6) is 1.01. The highest BCUT2D eigenvalue weighted by Crippen LogP contribution is 2.31. The number of hydrogen-bond acceptors (Lipinski definition) is 6. The molecule has 1 aliphatic carbocycles. The highest BCUT2D eigenvalue weighted by molar-refractivity contribution is 5.43. The van der Waals surface area contributed by atoms with Gasteiger partial charge in [0.1, 0.15) is 12.3 Å². The lowest BCUT2D eigenvalue weighted by Crippen LogP contribution is -2.25. The van der Waals surface area contributed by atoms with Crippen LogP contribution in [0.5, 0.6) is 5.88 Å². The summed E-state index contributed by atoms with van der Waals surface area (Å²) in [6.07, 6.45) is 5.31. The molecule has 1 fully saturated rings. The SMILES string of the molecule is CCNc1ncc([N+](=O)[O-])c(OC2CCCC(C)C2)n1. The molecule has 0 spiro atoms. The fourth-order valence-electron chi connectivity index (χ4n) is 2.46. The first kappa shape index (κ1) is 14.5. The van der Waals surface area contributed by atoms with E-state index >= 15 is 0 Å². The van der Waals surface area contributed by atoms with Crippen molar-refractivity contribution in [3.63, 3.8) is 0 Å². The van der Waals surface area contributed by atoms with E-state index in [0.717, 1.165) is 19.3 Å². The normalized spacial score (nSPS) is 22.3. The summed E-state index contributed by atoms with van der Waals surface area (Å²) >= 11 is 0. The van der Waals surface area contributed by atoms with Gasteiger partial charge in [-0.1, -0.05) is 13.3 Å². The molecule has 2 atom stereocenters. The van der Waals surface area contributed by atoms with Crippen molar-refractivity contribution in [3.05, 3.63) is 16.3 Å².